The van der Waals surface area contributed by atoms with Crippen molar-refractivity contribution >= 4 is 22.8 Å². The highest BCUT2D eigenvalue weighted by Gasteiger charge is 2.35. The lowest BCUT2D eigenvalue weighted by molar-refractivity contribution is -0.149. The Bertz CT molecular complexity index is 674. The Kier molecular flexibility index (Phi) is 4.80. The molecule has 0 saturated carbocycles. The number of hydrogen-bond donors (Lipinski definition) is 2. The topological polar surface area (TPSA) is 84.2 Å². The lowest BCUT2D eigenvalue weighted by Gasteiger charge is -2.26. The molecule has 0 unspecified atom stereocenters. The number of para-hydroxylation sites is 1. The van der Waals surface area contributed by atoms with Crippen molar-refractivity contribution in [2.24, 2.45) is 5.41 Å². The number of aliphatic carboxylic acids is 1. The Hall–Kier alpha value is -2.37. The Labute approximate surface area is 129 Å². The molecule has 1 amide bonds. The second-order valence-electron chi connectivity index (χ2n) is 5.43. The maximum absolute atomic E-state index is 12.1. The van der Waals surface area contributed by atoms with Gasteiger partial charge in [-0.25, -0.2) is 0 Å². The standard InChI is InChI=1S/C16H21N3O3/c1-3-16(4-2,15(21)22)11-17-14(20)10-19-13-8-6-5-7-12(13)9-18-19/h5-9H,3-4,10-11H2,1-2H3,(H,17,20)(H,21,22). The molecule has 0 spiro atoms. The molecule has 0 aliphatic rings. The summed E-state index contributed by atoms with van der Waals surface area (Å²) in [5, 5.41) is 17.3. The summed E-state index contributed by atoms with van der Waals surface area (Å²) in [5.41, 5.74) is -0.0184. The van der Waals surface area contributed by atoms with Gasteiger partial charge >= 0.3 is 5.97 Å². The number of carbonyl (C=O) groups is 2. The summed E-state index contributed by atoms with van der Waals surface area (Å²) < 4.78 is 1.62. The Morgan fingerprint density at radius 3 is 2.59 bits per heavy atom. The van der Waals surface area contributed by atoms with Crippen molar-refractivity contribution in [3.05, 3.63) is 30.5 Å². The van der Waals surface area contributed by atoms with Crippen molar-refractivity contribution in [1.29, 1.82) is 0 Å². The fourth-order valence-corrected chi connectivity index (χ4v) is 2.49. The molecule has 2 rings (SSSR count). The van der Waals surface area contributed by atoms with Crippen LogP contribution in [0.4, 0.5) is 0 Å². The van der Waals surface area contributed by atoms with E-state index in [4.69, 9.17) is 0 Å². The highest BCUT2D eigenvalue weighted by atomic mass is 16.4. The summed E-state index contributed by atoms with van der Waals surface area (Å²) in [6.07, 6.45) is 2.66. The third-order valence-electron chi connectivity index (χ3n) is 4.28. The number of rotatable bonds is 7. The van der Waals surface area contributed by atoms with Gasteiger partial charge in [0.1, 0.15) is 6.54 Å². The van der Waals surface area contributed by atoms with Crippen LogP contribution in [-0.2, 0) is 16.1 Å². The second-order valence-corrected chi connectivity index (χ2v) is 5.43. The highest BCUT2D eigenvalue weighted by Crippen LogP contribution is 2.25. The summed E-state index contributed by atoms with van der Waals surface area (Å²) in [5.74, 6) is -1.11. The van der Waals surface area contributed by atoms with Crippen LogP contribution in [0.1, 0.15) is 26.7 Å². The zero-order chi connectivity index (χ0) is 16.2. The van der Waals surface area contributed by atoms with E-state index in [-0.39, 0.29) is 19.0 Å². The van der Waals surface area contributed by atoms with E-state index in [1.165, 1.54) is 0 Å². The van der Waals surface area contributed by atoms with E-state index < -0.39 is 11.4 Å². The summed E-state index contributed by atoms with van der Waals surface area (Å²) >= 11 is 0. The first-order chi connectivity index (χ1) is 10.5. The predicted molar refractivity (Wildman–Crippen MR) is 83.4 cm³/mol. The van der Waals surface area contributed by atoms with Gasteiger partial charge in [0, 0.05) is 11.9 Å². The second kappa shape index (κ2) is 6.60. The van der Waals surface area contributed by atoms with Crippen LogP contribution in [0.2, 0.25) is 0 Å². The molecule has 1 aromatic heterocycles. The molecule has 118 valence electrons. The molecule has 1 heterocycles. The van der Waals surface area contributed by atoms with Crippen LogP contribution in [0, 0.1) is 5.41 Å². The number of carboxylic acid groups (broad SMARTS) is 1. The Morgan fingerprint density at radius 1 is 1.27 bits per heavy atom. The zero-order valence-corrected chi connectivity index (χ0v) is 12.9. The van der Waals surface area contributed by atoms with E-state index in [1.54, 1.807) is 10.9 Å². The molecule has 2 N–H and O–H groups in total. The average Bonchev–Trinajstić information content (AvgIpc) is 2.92. The van der Waals surface area contributed by atoms with E-state index >= 15 is 0 Å². The molecule has 0 radical (unpaired) electrons. The van der Waals surface area contributed by atoms with Gasteiger partial charge in [-0.2, -0.15) is 5.10 Å². The molecule has 6 nitrogen and oxygen atoms in total. The van der Waals surface area contributed by atoms with Gasteiger partial charge in [-0.1, -0.05) is 32.0 Å². The van der Waals surface area contributed by atoms with E-state index in [9.17, 15) is 14.7 Å². The molecule has 22 heavy (non-hydrogen) atoms. The summed E-state index contributed by atoms with van der Waals surface area (Å²) in [4.78, 5) is 23.5. The lowest BCUT2D eigenvalue weighted by atomic mass is 9.82. The molecule has 0 atom stereocenters. The molecule has 0 fully saturated rings. The fourth-order valence-electron chi connectivity index (χ4n) is 2.49. The number of hydrogen-bond acceptors (Lipinski definition) is 3. The number of fused-ring (bicyclic) bond motifs is 1. The van der Waals surface area contributed by atoms with Crippen LogP contribution < -0.4 is 5.32 Å². The van der Waals surface area contributed by atoms with Crippen molar-refractivity contribution in [3.63, 3.8) is 0 Å². The van der Waals surface area contributed by atoms with E-state index in [1.807, 2.05) is 38.1 Å². The molecule has 0 aliphatic heterocycles. The van der Waals surface area contributed by atoms with Gasteiger partial charge in [-0.05, 0) is 18.9 Å². The van der Waals surface area contributed by atoms with E-state index in [2.05, 4.69) is 10.4 Å². The van der Waals surface area contributed by atoms with Crippen LogP contribution in [0.5, 0.6) is 0 Å². The number of carboxylic acids is 1. The van der Waals surface area contributed by atoms with Gasteiger partial charge in [-0.3, -0.25) is 14.3 Å². The third-order valence-corrected chi connectivity index (χ3v) is 4.28. The van der Waals surface area contributed by atoms with Crippen LogP contribution in [0.15, 0.2) is 30.5 Å². The summed E-state index contributed by atoms with van der Waals surface area (Å²) in [6, 6.07) is 7.63. The van der Waals surface area contributed by atoms with Crippen LogP contribution in [0.25, 0.3) is 10.9 Å². The van der Waals surface area contributed by atoms with Gasteiger partial charge in [0.05, 0.1) is 17.1 Å². The van der Waals surface area contributed by atoms with Crippen LogP contribution >= 0.6 is 0 Å². The minimum Gasteiger partial charge on any atom is -0.481 e. The fraction of sp³-hybridized carbons (Fsp3) is 0.438. The average molecular weight is 303 g/mol. The zero-order valence-electron chi connectivity index (χ0n) is 12.9. The highest BCUT2D eigenvalue weighted by molar-refractivity contribution is 5.82. The van der Waals surface area contributed by atoms with E-state index in [0.717, 1.165) is 10.9 Å². The Balaban J connectivity index is 2.03. The van der Waals surface area contributed by atoms with Crippen molar-refractivity contribution in [2.45, 2.75) is 33.2 Å². The van der Waals surface area contributed by atoms with Crippen molar-refractivity contribution < 1.29 is 14.7 Å². The van der Waals surface area contributed by atoms with Gasteiger partial charge in [0.2, 0.25) is 5.91 Å². The molecule has 2 aromatic rings. The van der Waals surface area contributed by atoms with E-state index in [0.29, 0.717) is 12.8 Å². The molecular weight excluding hydrogens is 282 g/mol. The number of carbonyl (C=O) groups excluding carboxylic acids is 1. The van der Waals surface area contributed by atoms with Crippen LogP contribution in [0.3, 0.4) is 0 Å². The van der Waals surface area contributed by atoms with Crippen molar-refractivity contribution in [2.75, 3.05) is 6.54 Å². The molecule has 0 bridgehead atoms. The van der Waals surface area contributed by atoms with Crippen LogP contribution in [-0.4, -0.2) is 33.3 Å². The molecule has 0 saturated heterocycles. The molecule has 1 aromatic carbocycles. The van der Waals surface area contributed by atoms with Gasteiger partial charge in [0.25, 0.3) is 0 Å². The minimum atomic E-state index is -0.901. The monoisotopic (exact) mass is 303 g/mol. The van der Waals surface area contributed by atoms with Gasteiger partial charge in [0.15, 0.2) is 0 Å². The number of amides is 1. The lowest BCUT2D eigenvalue weighted by Crippen LogP contribution is -2.43. The van der Waals surface area contributed by atoms with Crippen molar-refractivity contribution in [1.82, 2.24) is 15.1 Å². The molecule has 0 aliphatic carbocycles. The minimum absolute atomic E-state index is 0.0800. The predicted octanol–water partition coefficient (Wildman–Crippen LogP) is 2.04. The van der Waals surface area contributed by atoms with Gasteiger partial charge < -0.3 is 10.4 Å². The number of benzene rings is 1. The largest absolute Gasteiger partial charge is 0.481 e. The normalized spacial score (nSPS) is 11.5. The first-order valence-electron chi connectivity index (χ1n) is 7.43. The first-order valence-corrected chi connectivity index (χ1v) is 7.43. The number of nitrogens with one attached hydrogen (secondary N) is 1. The SMILES string of the molecule is CCC(CC)(CNC(=O)Cn1ncc2ccccc21)C(=O)O. The first kappa shape index (κ1) is 16.0. The number of aromatic nitrogens is 2. The quantitative estimate of drug-likeness (QED) is 0.820. The number of nitrogens with zero attached hydrogens (tertiary/aromatic N) is 2. The summed E-state index contributed by atoms with van der Waals surface area (Å²) in [7, 11) is 0. The Morgan fingerprint density at radius 2 is 1.95 bits per heavy atom. The molecule has 6 heteroatoms. The maximum atomic E-state index is 12.1. The van der Waals surface area contributed by atoms with Gasteiger partial charge in [-0.15, -0.1) is 0 Å². The smallest absolute Gasteiger partial charge is 0.311 e. The maximum Gasteiger partial charge on any atom is 0.311 e. The third kappa shape index (κ3) is 3.10. The summed E-state index contributed by atoms with van der Waals surface area (Å²) in [6.45, 7) is 3.86. The molecular formula is C16H21N3O3. The van der Waals surface area contributed by atoms with Crippen molar-refractivity contribution in [3.8, 4) is 0 Å².